The molecule has 0 atom stereocenters. The normalized spacial score (nSPS) is 9.92. The van der Waals surface area contributed by atoms with Crippen LogP contribution >= 0.6 is 22.6 Å². The second kappa shape index (κ2) is 4.64. The fourth-order valence-electron chi connectivity index (χ4n) is 0.832. The molecule has 0 aromatic heterocycles. The van der Waals surface area contributed by atoms with Crippen molar-refractivity contribution >= 4 is 22.6 Å². The topological polar surface area (TPSA) is 9.23 Å². The smallest absolute Gasteiger partial charge is 0.127 e. The van der Waals surface area contributed by atoms with Crippen molar-refractivity contribution in [2.75, 3.05) is 6.61 Å². The zero-order valence-electron chi connectivity index (χ0n) is 6.81. The van der Waals surface area contributed by atoms with Crippen LogP contribution in [0.3, 0.4) is 0 Å². The van der Waals surface area contributed by atoms with Crippen LogP contribution in [0, 0.1) is 9.39 Å². The fourth-order valence-corrected chi connectivity index (χ4v) is 1.44. The molecule has 0 aliphatic heterocycles. The predicted molar refractivity (Wildman–Crippen MR) is 54.9 cm³/mol. The van der Waals surface area contributed by atoms with E-state index in [2.05, 4.69) is 22.6 Å². The van der Waals surface area contributed by atoms with Crippen LogP contribution in [-0.2, 0) is 0 Å². The van der Waals surface area contributed by atoms with E-state index >= 15 is 0 Å². The van der Waals surface area contributed by atoms with Gasteiger partial charge in [-0.1, -0.05) is 6.92 Å². The summed E-state index contributed by atoms with van der Waals surface area (Å²) < 4.78 is 18.9. The van der Waals surface area contributed by atoms with Crippen molar-refractivity contribution in [2.24, 2.45) is 0 Å². The van der Waals surface area contributed by atoms with Crippen molar-refractivity contribution < 1.29 is 9.13 Å². The molecule has 0 aliphatic rings. The third-order valence-corrected chi connectivity index (χ3v) is 1.93. The average Bonchev–Trinajstić information content (AvgIpc) is 1.99. The Balaban J connectivity index is 2.72. The number of halogens is 2. The third kappa shape index (κ3) is 2.97. The summed E-state index contributed by atoms with van der Waals surface area (Å²) in [6.45, 7) is 2.66. The maximum atomic E-state index is 12.8. The first-order valence-electron chi connectivity index (χ1n) is 3.81. The minimum Gasteiger partial charge on any atom is -0.493 e. The highest BCUT2D eigenvalue weighted by Crippen LogP contribution is 2.17. The van der Waals surface area contributed by atoms with Gasteiger partial charge in [-0.05, 0) is 41.1 Å². The van der Waals surface area contributed by atoms with Crippen molar-refractivity contribution in [1.29, 1.82) is 0 Å². The van der Waals surface area contributed by atoms with Crippen LogP contribution in [0.25, 0.3) is 0 Å². The minimum atomic E-state index is -0.243. The molecule has 1 aromatic rings. The molecule has 3 heteroatoms. The average molecular weight is 280 g/mol. The van der Waals surface area contributed by atoms with Gasteiger partial charge in [-0.15, -0.1) is 0 Å². The van der Waals surface area contributed by atoms with E-state index in [1.165, 1.54) is 12.1 Å². The molecule has 0 saturated carbocycles. The van der Waals surface area contributed by atoms with Crippen LogP contribution in [-0.4, -0.2) is 6.61 Å². The van der Waals surface area contributed by atoms with Crippen molar-refractivity contribution in [3.05, 3.63) is 27.6 Å². The maximum Gasteiger partial charge on any atom is 0.127 e. The lowest BCUT2D eigenvalue weighted by Crippen LogP contribution is -1.95. The number of hydrogen-bond acceptors (Lipinski definition) is 1. The zero-order valence-corrected chi connectivity index (χ0v) is 8.97. The highest BCUT2D eigenvalue weighted by Gasteiger charge is 1.98. The van der Waals surface area contributed by atoms with Gasteiger partial charge in [-0.3, -0.25) is 0 Å². The maximum absolute atomic E-state index is 12.8. The molecular formula is C9H10FIO. The van der Waals surface area contributed by atoms with Gasteiger partial charge in [0, 0.05) is 9.64 Å². The Labute approximate surface area is 85.1 Å². The summed E-state index contributed by atoms with van der Waals surface area (Å²) in [5.41, 5.74) is 0. The molecule has 0 aliphatic carbocycles. The number of rotatable bonds is 3. The Kier molecular flexibility index (Phi) is 3.78. The van der Waals surface area contributed by atoms with Gasteiger partial charge in [-0.2, -0.15) is 0 Å². The van der Waals surface area contributed by atoms with Gasteiger partial charge in [0.05, 0.1) is 6.61 Å². The molecule has 1 rings (SSSR count). The molecule has 0 unspecified atom stereocenters. The van der Waals surface area contributed by atoms with Crippen LogP contribution in [0.4, 0.5) is 4.39 Å². The van der Waals surface area contributed by atoms with E-state index in [9.17, 15) is 4.39 Å². The van der Waals surface area contributed by atoms with E-state index in [0.29, 0.717) is 12.4 Å². The second-order valence-corrected chi connectivity index (χ2v) is 3.70. The summed E-state index contributed by atoms with van der Waals surface area (Å²) in [6.07, 6.45) is 0.938. The SMILES string of the molecule is CCCOc1cc(F)cc(I)c1. The fraction of sp³-hybridized carbons (Fsp3) is 0.333. The van der Waals surface area contributed by atoms with Gasteiger partial charge in [0.2, 0.25) is 0 Å². The van der Waals surface area contributed by atoms with E-state index < -0.39 is 0 Å². The zero-order chi connectivity index (χ0) is 8.97. The minimum absolute atomic E-state index is 0.243. The van der Waals surface area contributed by atoms with Gasteiger partial charge >= 0.3 is 0 Å². The van der Waals surface area contributed by atoms with Gasteiger partial charge in [0.1, 0.15) is 11.6 Å². The summed E-state index contributed by atoms with van der Waals surface area (Å²) in [7, 11) is 0. The number of benzene rings is 1. The molecule has 0 radical (unpaired) electrons. The quantitative estimate of drug-likeness (QED) is 0.772. The number of hydrogen-bond donors (Lipinski definition) is 0. The van der Waals surface area contributed by atoms with E-state index in [0.717, 1.165) is 9.99 Å². The monoisotopic (exact) mass is 280 g/mol. The molecule has 0 fully saturated rings. The molecule has 0 bridgehead atoms. The lowest BCUT2D eigenvalue weighted by molar-refractivity contribution is 0.315. The lowest BCUT2D eigenvalue weighted by atomic mass is 10.3. The van der Waals surface area contributed by atoms with Crippen LogP contribution in [0.1, 0.15) is 13.3 Å². The Morgan fingerprint density at radius 2 is 2.17 bits per heavy atom. The molecule has 66 valence electrons. The van der Waals surface area contributed by atoms with Crippen molar-refractivity contribution in [3.8, 4) is 5.75 Å². The van der Waals surface area contributed by atoms with Gasteiger partial charge < -0.3 is 4.74 Å². The first-order chi connectivity index (χ1) is 5.72. The molecule has 0 amide bonds. The standard InChI is InChI=1S/C9H10FIO/c1-2-3-12-9-5-7(10)4-8(11)6-9/h4-6H,2-3H2,1H3. The van der Waals surface area contributed by atoms with Crippen molar-refractivity contribution in [3.63, 3.8) is 0 Å². The molecule has 1 nitrogen and oxygen atoms in total. The molecule has 0 saturated heterocycles. The van der Waals surface area contributed by atoms with Crippen LogP contribution in [0.2, 0.25) is 0 Å². The van der Waals surface area contributed by atoms with Gasteiger partial charge in [0.25, 0.3) is 0 Å². The lowest BCUT2D eigenvalue weighted by Gasteiger charge is -2.04. The van der Waals surface area contributed by atoms with Crippen LogP contribution < -0.4 is 4.74 Å². The van der Waals surface area contributed by atoms with Crippen LogP contribution in [0.5, 0.6) is 5.75 Å². The second-order valence-electron chi connectivity index (χ2n) is 2.45. The third-order valence-electron chi connectivity index (χ3n) is 1.31. The summed E-state index contributed by atoms with van der Waals surface area (Å²) in [5, 5.41) is 0. The first kappa shape index (κ1) is 9.77. The summed E-state index contributed by atoms with van der Waals surface area (Å²) in [4.78, 5) is 0. The van der Waals surface area contributed by atoms with E-state index in [1.807, 2.05) is 13.0 Å². The number of ether oxygens (including phenoxy) is 1. The molecule has 0 heterocycles. The molecule has 0 N–H and O–H groups in total. The molecule has 1 aromatic carbocycles. The van der Waals surface area contributed by atoms with E-state index in [-0.39, 0.29) is 5.82 Å². The van der Waals surface area contributed by atoms with E-state index in [1.54, 1.807) is 0 Å². The first-order valence-corrected chi connectivity index (χ1v) is 4.89. The highest BCUT2D eigenvalue weighted by atomic mass is 127. The molecular weight excluding hydrogens is 270 g/mol. The highest BCUT2D eigenvalue weighted by molar-refractivity contribution is 14.1. The summed E-state index contributed by atoms with van der Waals surface area (Å²) in [5.74, 6) is 0.370. The van der Waals surface area contributed by atoms with Crippen molar-refractivity contribution in [2.45, 2.75) is 13.3 Å². The Bertz CT molecular complexity index is 242. The summed E-state index contributed by atoms with van der Waals surface area (Å²) in [6, 6.07) is 4.69. The van der Waals surface area contributed by atoms with Gasteiger partial charge in [0.15, 0.2) is 0 Å². The van der Waals surface area contributed by atoms with Crippen LogP contribution in [0.15, 0.2) is 18.2 Å². The largest absolute Gasteiger partial charge is 0.493 e. The van der Waals surface area contributed by atoms with Crippen molar-refractivity contribution in [1.82, 2.24) is 0 Å². The Morgan fingerprint density at radius 1 is 1.42 bits per heavy atom. The van der Waals surface area contributed by atoms with Gasteiger partial charge in [-0.25, -0.2) is 4.39 Å². The molecule has 0 spiro atoms. The Hall–Kier alpha value is -0.320. The summed E-state index contributed by atoms with van der Waals surface area (Å²) >= 11 is 2.06. The molecule has 12 heavy (non-hydrogen) atoms. The Morgan fingerprint density at radius 3 is 2.75 bits per heavy atom. The van der Waals surface area contributed by atoms with E-state index in [4.69, 9.17) is 4.74 Å². The predicted octanol–water partition coefficient (Wildman–Crippen LogP) is 3.22.